The minimum Gasteiger partial charge on any atom is -0.238 e. The smallest absolute Gasteiger partial charge is 0.187 e. The number of aromatic nitrogens is 3. The first-order chi connectivity index (χ1) is 28.2. The van der Waals surface area contributed by atoms with Gasteiger partial charge < -0.3 is 0 Å². The lowest BCUT2D eigenvalue weighted by Crippen LogP contribution is -2.25. The van der Waals surface area contributed by atoms with Gasteiger partial charge >= 0.3 is 0 Å². The van der Waals surface area contributed by atoms with Crippen molar-refractivity contribution in [3.05, 3.63) is 228 Å². The molecule has 0 radical (unpaired) electrons. The number of hydrogen-bond donors (Lipinski definition) is 0. The van der Waals surface area contributed by atoms with E-state index < -0.39 is 5.41 Å². The first kappa shape index (κ1) is 32.7. The predicted octanol–water partition coefficient (Wildman–Crippen LogP) is 13.1. The molecule has 264 valence electrons. The number of fused-ring (bicyclic) bond motifs is 10. The molecule has 1 aromatic heterocycles. The van der Waals surface area contributed by atoms with Gasteiger partial charge in [-0.3, -0.25) is 0 Å². The molecular formula is C53H32N4. The van der Waals surface area contributed by atoms with Crippen LogP contribution in [0.3, 0.4) is 0 Å². The summed E-state index contributed by atoms with van der Waals surface area (Å²) in [7, 11) is 0. The summed E-state index contributed by atoms with van der Waals surface area (Å²) < 4.78 is 0. The van der Waals surface area contributed by atoms with E-state index in [1.54, 1.807) is 0 Å². The summed E-state index contributed by atoms with van der Waals surface area (Å²) in [6, 6.07) is 68.1. The Morgan fingerprint density at radius 1 is 0.316 bits per heavy atom. The molecule has 0 aliphatic heterocycles. The van der Waals surface area contributed by atoms with Crippen LogP contribution in [0.4, 0.5) is 5.69 Å². The van der Waals surface area contributed by atoms with Crippen LogP contribution in [0.25, 0.3) is 83.5 Å². The standard InChI is InChI=1S/C53H32N4/c1-54-41-29-31-48-45(33-41)44-30-28-40(32-49(44)53(48)46-18-10-8-16-42(46)43-17-9-11-19-47(43)53)36-22-26-39(27-23-36)52-56-50(37-14-6-3-7-15-37)55-51(57-52)38-24-20-35(21-25-38)34-12-4-2-5-13-34/h2-33H. The summed E-state index contributed by atoms with van der Waals surface area (Å²) in [4.78, 5) is 18.8. The van der Waals surface area contributed by atoms with Crippen LogP contribution in [0, 0.1) is 6.57 Å². The normalized spacial score (nSPS) is 12.7. The van der Waals surface area contributed by atoms with Gasteiger partial charge in [0, 0.05) is 16.7 Å². The number of nitrogens with zero attached hydrogens (tertiary/aromatic N) is 4. The maximum atomic E-state index is 7.81. The highest BCUT2D eigenvalue weighted by atomic mass is 15.0. The summed E-state index contributed by atoms with van der Waals surface area (Å²) in [5, 5.41) is 0. The van der Waals surface area contributed by atoms with E-state index in [-0.39, 0.29) is 0 Å². The molecule has 0 unspecified atom stereocenters. The summed E-state index contributed by atoms with van der Waals surface area (Å²) >= 11 is 0. The Labute approximate surface area is 331 Å². The van der Waals surface area contributed by atoms with Crippen LogP contribution in [-0.2, 0) is 5.41 Å². The highest BCUT2D eigenvalue weighted by Crippen LogP contribution is 2.63. The van der Waals surface area contributed by atoms with E-state index in [9.17, 15) is 0 Å². The van der Waals surface area contributed by atoms with Gasteiger partial charge in [-0.1, -0.05) is 182 Å². The van der Waals surface area contributed by atoms with Crippen molar-refractivity contribution in [3.8, 4) is 78.7 Å². The maximum Gasteiger partial charge on any atom is 0.187 e. The van der Waals surface area contributed by atoms with Gasteiger partial charge in [0.25, 0.3) is 0 Å². The van der Waals surface area contributed by atoms with Crippen molar-refractivity contribution < 1.29 is 0 Å². The van der Waals surface area contributed by atoms with Gasteiger partial charge in [-0.25, -0.2) is 19.8 Å². The molecule has 1 heterocycles. The van der Waals surface area contributed by atoms with Crippen LogP contribution in [-0.4, -0.2) is 15.0 Å². The van der Waals surface area contributed by atoms with E-state index in [1.807, 2.05) is 42.5 Å². The molecule has 4 nitrogen and oxygen atoms in total. The SMILES string of the molecule is [C-]#[N+]c1ccc2c(c1)-c1ccc(-c3ccc(-c4nc(-c5ccccc5)nc(-c5ccc(-c6ccccc6)cc5)n4)cc3)cc1C21c2ccccc2-c2ccccc21. The Balaban J connectivity index is 1.01. The second kappa shape index (κ2) is 12.9. The summed E-state index contributed by atoms with van der Waals surface area (Å²) in [5.41, 5.74) is 17.3. The van der Waals surface area contributed by atoms with E-state index in [1.165, 1.54) is 44.5 Å². The van der Waals surface area contributed by atoms with Crippen LogP contribution < -0.4 is 0 Å². The highest BCUT2D eigenvalue weighted by Gasteiger charge is 2.51. The Morgan fingerprint density at radius 2 is 0.719 bits per heavy atom. The van der Waals surface area contributed by atoms with Gasteiger partial charge in [0.05, 0.1) is 12.0 Å². The molecule has 0 fully saturated rings. The third-order valence-electron chi connectivity index (χ3n) is 11.6. The second-order valence-corrected chi connectivity index (χ2v) is 14.6. The van der Waals surface area contributed by atoms with E-state index in [2.05, 4.69) is 157 Å². The third-order valence-corrected chi connectivity index (χ3v) is 11.6. The molecule has 0 atom stereocenters. The van der Waals surface area contributed by atoms with Crippen LogP contribution in [0.5, 0.6) is 0 Å². The maximum absolute atomic E-state index is 7.81. The molecule has 0 saturated carbocycles. The highest BCUT2D eigenvalue weighted by molar-refractivity contribution is 5.96. The van der Waals surface area contributed by atoms with Gasteiger partial charge in [0.15, 0.2) is 23.2 Å². The molecule has 2 aliphatic rings. The lowest BCUT2D eigenvalue weighted by molar-refractivity contribution is 0.794. The van der Waals surface area contributed by atoms with E-state index in [0.717, 1.165) is 38.9 Å². The largest absolute Gasteiger partial charge is 0.238 e. The fourth-order valence-corrected chi connectivity index (χ4v) is 8.99. The zero-order chi connectivity index (χ0) is 37.9. The fraction of sp³-hybridized carbons (Fsp3) is 0.0189. The van der Waals surface area contributed by atoms with Crippen molar-refractivity contribution in [2.75, 3.05) is 0 Å². The lowest BCUT2D eigenvalue weighted by Gasteiger charge is -2.30. The average molecular weight is 725 g/mol. The fourth-order valence-electron chi connectivity index (χ4n) is 8.99. The lowest BCUT2D eigenvalue weighted by atomic mass is 9.70. The minimum atomic E-state index is -0.483. The summed E-state index contributed by atoms with van der Waals surface area (Å²) in [5.74, 6) is 1.88. The minimum absolute atomic E-state index is 0.483. The zero-order valence-electron chi connectivity index (χ0n) is 30.8. The molecule has 1 spiro atoms. The molecule has 2 aliphatic carbocycles. The number of rotatable bonds is 5. The molecule has 57 heavy (non-hydrogen) atoms. The third kappa shape index (κ3) is 5.10. The first-order valence-corrected chi connectivity index (χ1v) is 19.1. The van der Waals surface area contributed by atoms with Gasteiger partial charge in [-0.2, -0.15) is 0 Å². The molecular weight excluding hydrogens is 693 g/mol. The summed E-state index contributed by atoms with van der Waals surface area (Å²) in [6.45, 7) is 7.81. The first-order valence-electron chi connectivity index (χ1n) is 19.1. The Kier molecular flexibility index (Phi) is 7.42. The molecule has 0 saturated heterocycles. The second-order valence-electron chi connectivity index (χ2n) is 14.6. The zero-order valence-corrected chi connectivity index (χ0v) is 30.8. The van der Waals surface area contributed by atoms with Gasteiger partial charge in [-0.05, 0) is 78.9 Å². The Bertz CT molecular complexity index is 3010. The molecule has 0 bridgehead atoms. The van der Waals surface area contributed by atoms with Crippen LogP contribution in [0.15, 0.2) is 194 Å². The number of benzene rings is 8. The molecule has 8 aromatic carbocycles. The van der Waals surface area contributed by atoms with Crippen molar-refractivity contribution in [2.24, 2.45) is 0 Å². The van der Waals surface area contributed by atoms with E-state index >= 15 is 0 Å². The molecule has 4 heteroatoms. The van der Waals surface area contributed by atoms with Crippen molar-refractivity contribution in [3.63, 3.8) is 0 Å². The Hall–Kier alpha value is -7.74. The Morgan fingerprint density at radius 3 is 1.28 bits per heavy atom. The quantitative estimate of drug-likeness (QED) is 0.166. The predicted molar refractivity (Wildman–Crippen MR) is 230 cm³/mol. The molecule has 9 aromatic rings. The number of hydrogen-bond acceptors (Lipinski definition) is 3. The van der Waals surface area contributed by atoms with Crippen molar-refractivity contribution in [1.82, 2.24) is 15.0 Å². The molecule has 11 rings (SSSR count). The van der Waals surface area contributed by atoms with Gasteiger partial charge in [-0.15, -0.1) is 0 Å². The van der Waals surface area contributed by atoms with Crippen molar-refractivity contribution in [1.29, 1.82) is 0 Å². The summed E-state index contributed by atoms with van der Waals surface area (Å²) in [6.07, 6.45) is 0. The van der Waals surface area contributed by atoms with Crippen molar-refractivity contribution >= 4 is 5.69 Å². The van der Waals surface area contributed by atoms with E-state index in [0.29, 0.717) is 23.2 Å². The average Bonchev–Trinajstić information content (AvgIpc) is 3.76. The molecule has 0 N–H and O–H groups in total. The van der Waals surface area contributed by atoms with Gasteiger partial charge in [0.2, 0.25) is 0 Å². The van der Waals surface area contributed by atoms with Crippen molar-refractivity contribution in [2.45, 2.75) is 5.41 Å². The van der Waals surface area contributed by atoms with Gasteiger partial charge in [0.1, 0.15) is 0 Å². The monoisotopic (exact) mass is 724 g/mol. The van der Waals surface area contributed by atoms with Crippen LogP contribution in [0.1, 0.15) is 22.3 Å². The molecule has 0 amide bonds. The topological polar surface area (TPSA) is 43.0 Å². The van der Waals surface area contributed by atoms with Crippen LogP contribution >= 0.6 is 0 Å². The van der Waals surface area contributed by atoms with E-state index in [4.69, 9.17) is 21.5 Å². The van der Waals surface area contributed by atoms with Crippen LogP contribution in [0.2, 0.25) is 0 Å².